The molecule has 0 aromatic carbocycles. The summed E-state index contributed by atoms with van der Waals surface area (Å²) in [6.07, 6.45) is 13.0. The normalized spacial score (nSPS) is 23.5. The highest BCUT2D eigenvalue weighted by Gasteiger charge is 2.61. The highest BCUT2D eigenvalue weighted by Crippen LogP contribution is 2.71. The third-order valence-electron chi connectivity index (χ3n) is 10.0. The summed E-state index contributed by atoms with van der Waals surface area (Å²) in [5, 5.41) is 8.79. The number of nitrogens with zero attached hydrogens (tertiary/aromatic N) is 6. The lowest BCUT2D eigenvalue weighted by Crippen LogP contribution is -2.40. The molecule has 7 rings (SSSR count). The van der Waals surface area contributed by atoms with E-state index in [4.69, 9.17) is 9.72 Å². The number of rotatable bonds is 6. The van der Waals surface area contributed by atoms with Gasteiger partial charge in [0.05, 0.1) is 6.61 Å². The molecule has 222 valence electrons. The topological polar surface area (TPSA) is 110 Å². The molecule has 2 N–H and O–H groups in total. The van der Waals surface area contributed by atoms with Crippen LogP contribution < -0.4 is 19.7 Å². The van der Waals surface area contributed by atoms with Crippen molar-refractivity contribution in [1.29, 1.82) is 0 Å². The third-order valence-corrected chi connectivity index (χ3v) is 10.7. The summed E-state index contributed by atoms with van der Waals surface area (Å²) in [6, 6.07) is 7.65. The quantitative estimate of drug-likeness (QED) is 0.353. The van der Waals surface area contributed by atoms with Crippen molar-refractivity contribution in [2.75, 3.05) is 29.9 Å². The van der Waals surface area contributed by atoms with Crippen molar-refractivity contribution in [2.24, 2.45) is 16.7 Å². The molecule has 3 aromatic heterocycles. The molecule has 5 heterocycles. The van der Waals surface area contributed by atoms with E-state index in [1.165, 1.54) is 37.6 Å². The zero-order chi connectivity index (χ0) is 29.0. The van der Waals surface area contributed by atoms with Crippen molar-refractivity contribution >= 4 is 29.5 Å². The number of hydrogen-bond donors (Lipinski definition) is 2. The summed E-state index contributed by atoms with van der Waals surface area (Å²) in [4.78, 5) is 30.0. The van der Waals surface area contributed by atoms with E-state index in [1.807, 2.05) is 30.5 Å². The summed E-state index contributed by atoms with van der Waals surface area (Å²) in [7, 11) is 0. The van der Waals surface area contributed by atoms with Crippen LogP contribution in [0.1, 0.15) is 82.5 Å². The van der Waals surface area contributed by atoms with Gasteiger partial charge in [-0.25, -0.2) is 14.6 Å². The predicted octanol–water partition coefficient (Wildman–Crippen LogP) is 5.65. The lowest BCUT2D eigenvalue weighted by molar-refractivity contribution is 0.0984. The second kappa shape index (κ2) is 10.4. The Labute approximate surface area is 251 Å². The van der Waals surface area contributed by atoms with Gasteiger partial charge in [-0.1, -0.05) is 13.0 Å². The van der Waals surface area contributed by atoms with Gasteiger partial charge in [-0.2, -0.15) is 4.98 Å². The number of carbonyl (C=O) groups excluding carboxylic acids is 1. The molecule has 1 saturated heterocycles. The lowest BCUT2D eigenvalue weighted by atomic mass is 9.85. The Morgan fingerprint density at radius 1 is 1.12 bits per heavy atom. The van der Waals surface area contributed by atoms with Crippen LogP contribution >= 0.6 is 11.9 Å². The van der Waals surface area contributed by atoms with Gasteiger partial charge in [0.15, 0.2) is 0 Å². The molecule has 1 unspecified atom stereocenters. The van der Waals surface area contributed by atoms with Crippen molar-refractivity contribution < 1.29 is 9.53 Å². The number of anilines is 2. The van der Waals surface area contributed by atoms with Gasteiger partial charge in [0.2, 0.25) is 5.88 Å². The molecule has 0 radical (unpaired) electrons. The molecule has 10 nitrogen and oxygen atoms in total. The molecule has 1 atom stereocenters. The zero-order valence-electron chi connectivity index (χ0n) is 24.7. The van der Waals surface area contributed by atoms with Gasteiger partial charge in [-0.05, 0) is 94.1 Å². The molecule has 1 amide bonds. The molecule has 11 heteroatoms. The number of hydrogen-bond acceptors (Lipinski definition) is 9. The summed E-state index contributed by atoms with van der Waals surface area (Å²) in [5.41, 5.74) is 1.29. The Kier molecular flexibility index (Phi) is 6.83. The molecule has 0 spiro atoms. The fourth-order valence-corrected chi connectivity index (χ4v) is 7.59. The number of aromatic nitrogens is 5. The summed E-state index contributed by atoms with van der Waals surface area (Å²) < 4.78 is 10.7. The third kappa shape index (κ3) is 5.31. The first-order valence-corrected chi connectivity index (χ1v) is 16.1. The standard InChI is InChI=1S/C31H40N8O2S/c1-29(2)18-21-6-5-15-32-23-7-4-8-25(34-23)42-37-27(40)22-19-33-28(35-26(22)38(29)20-21)39-16-9-24(36-39)41-17-14-31(12-13-31)30(3)10-11-30/h4,7-9,16,19,21H,5-6,10-15,17-18,20H2,1-3H3,(H,32,34)(H,37,40). The van der Waals surface area contributed by atoms with Gasteiger partial charge >= 0.3 is 0 Å². The number of amides is 1. The van der Waals surface area contributed by atoms with Gasteiger partial charge in [0.1, 0.15) is 22.2 Å². The van der Waals surface area contributed by atoms with E-state index >= 15 is 0 Å². The molecule has 4 aliphatic rings. The van der Waals surface area contributed by atoms with Crippen molar-refractivity contribution in [3.8, 4) is 11.8 Å². The Morgan fingerprint density at radius 2 is 1.98 bits per heavy atom. The predicted molar refractivity (Wildman–Crippen MR) is 163 cm³/mol. The largest absolute Gasteiger partial charge is 0.477 e. The van der Waals surface area contributed by atoms with Gasteiger partial charge in [-0.3, -0.25) is 9.52 Å². The van der Waals surface area contributed by atoms with E-state index < -0.39 is 0 Å². The highest BCUT2D eigenvalue weighted by atomic mass is 32.2. The summed E-state index contributed by atoms with van der Waals surface area (Å²) in [6.45, 7) is 9.25. The van der Waals surface area contributed by atoms with Crippen molar-refractivity contribution in [3.05, 3.63) is 42.2 Å². The lowest BCUT2D eigenvalue weighted by Gasteiger charge is -2.33. The minimum absolute atomic E-state index is 0.163. The van der Waals surface area contributed by atoms with Crippen molar-refractivity contribution in [2.45, 2.75) is 82.7 Å². The first-order chi connectivity index (χ1) is 20.2. The highest BCUT2D eigenvalue weighted by molar-refractivity contribution is 7.97. The van der Waals surface area contributed by atoms with Crippen LogP contribution in [-0.2, 0) is 0 Å². The molecule has 42 heavy (non-hydrogen) atoms. The number of fused-ring (bicyclic) bond motifs is 6. The van der Waals surface area contributed by atoms with Crippen molar-refractivity contribution in [3.63, 3.8) is 0 Å². The first-order valence-electron chi connectivity index (χ1n) is 15.3. The van der Waals surface area contributed by atoms with Crippen LogP contribution in [0.3, 0.4) is 0 Å². The second-order valence-electron chi connectivity index (χ2n) is 13.4. The summed E-state index contributed by atoms with van der Waals surface area (Å²) >= 11 is 1.20. The average molecular weight is 589 g/mol. The fourth-order valence-electron chi connectivity index (χ4n) is 6.99. The van der Waals surface area contributed by atoms with Crippen LogP contribution in [-0.4, -0.2) is 55.9 Å². The van der Waals surface area contributed by atoms with Gasteiger partial charge < -0.3 is 15.0 Å². The van der Waals surface area contributed by atoms with E-state index in [9.17, 15) is 4.79 Å². The maximum absolute atomic E-state index is 13.5. The molecule has 2 saturated carbocycles. The molecule has 2 aliphatic carbocycles. The molecule has 3 aromatic rings. The van der Waals surface area contributed by atoms with E-state index in [1.54, 1.807) is 10.9 Å². The van der Waals surface area contributed by atoms with E-state index in [0.717, 1.165) is 44.6 Å². The Morgan fingerprint density at radius 3 is 2.79 bits per heavy atom. The van der Waals surface area contributed by atoms with E-state index in [2.05, 4.69) is 50.8 Å². The zero-order valence-corrected chi connectivity index (χ0v) is 25.5. The minimum atomic E-state index is -0.251. The second-order valence-corrected chi connectivity index (χ2v) is 14.2. The maximum Gasteiger partial charge on any atom is 0.266 e. The van der Waals surface area contributed by atoms with E-state index in [-0.39, 0.29) is 11.4 Å². The van der Waals surface area contributed by atoms with Crippen LogP contribution in [0.25, 0.3) is 5.95 Å². The van der Waals surface area contributed by atoms with Crippen LogP contribution in [0, 0.1) is 16.7 Å². The minimum Gasteiger partial charge on any atom is -0.477 e. The monoisotopic (exact) mass is 588 g/mol. The number of ether oxygens (including phenoxy) is 1. The molecule has 2 aliphatic heterocycles. The SMILES string of the molecule is CC1(C)CC2CCCNc3cccc(n3)SNC(=O)c3cnc(-n4ccc(OCCC5(C6(C)CC6)CC5)n4)nc3N1C2. The first kappa shape index (κ1) is 27.5. The Bertz CT molecular complexity index is 1480. The molecular formula is C31H40N8O2S. The van der Waals surface area contributed by atoms with Crippen molar-refractivity contribution in [1.82, 2.24) is 29.5 Å². The Hall–Kier alpha value is -3.34. The number of pyridine rings is 1. The average Bonchev–Trinajstić information content (AvgIpc) is 3.86. The molecule has 4 bridgehead atoms. The molecule has 3 fully saturated rings. The van der Waals surface area contributed by atoms with Crippen LogP contribution in [0.4, 0.5) is 11.6 Å². The molecular weight excluding hydrogens is 548 g/mol. The maximum atomic E-state index is 13.5. The van der Waals surface area contributed by atoms with Gasteiger partial charge in [0, 0.05) is 49.0 Å². The van der Waals surface area contributed by atoms with Crippen LogP contribution in [0.15, 0.2) is 41.7 Å². The number of nitrogens with one attached hydrogen (secondary N) is 2. The summed E-state index contributed by atoms with van der Waals surface area (Å²) in [5.74, 6) is 2.68. The smallest absolute Gasteiger partial charge is 0.266 e. The van der Waals surface area contributed by atoms with Crippen LogP contribution in [0.5, 0.6) is 5.88 Å². The van der Waals surface area contributed by atoms with Crippen LogP contribution in [0.2, 0.25) is 0 Å². The van der Waals surface area contributed by atoms with Gasteiger partial charge in [-0.15, -0.1) is 5.10 Å². The van der Waals surface area contributed by atoms with E-state index in [0.29, 0.717) is 51.6 Å². The Balaban J connectivity index is 1.14. The van der Waals surface area contributed by atoms with Gasteiger partial charge in [0.25, 0.3) is 11.9 Å². The fraction of sp³-hybridized carbons (Fsp3) is 0.581. The number of carbonyl (C=O) groups is 1.